The van der Waals surface area contributed by atoms with Crippen LogP contribution in [0.2, 0.25) is 0 Å². The van der Waals surface area contributed by atoms with E-state index in [1.54, 1.807) is 27.1 Å². The number of fused-ring (bicyclic) bond motifs is 3. The van der Waals surface area contributed by atoms with Crippen LogP contribution in [0.25, 0.3) is 0 Å². The van der Waals surface area contributed by atoms with E-state index < -0.39 is 75.7 Å². The number of hydrogen-bond acceptors (Lipinski definition) is 11. The summed E-state index contributed by atoms with van der Waals surface area (Å²) in [5.41, 5.74) is 4.53. The number of carbonyl (C=O) groups excluding carboxylic acids is 4. The molecular formula is C30H38N4O9. The van der Waals surface area contributed by atoms with Crippen LogP contribution in [-0.4, -0.2) is 86.6 Å². The van der Waals surface area contributed by atoms with Crippen molar-refractivity contribution in [3.05, 3.63) is 45.9 Å². The second-order valence-corrected chi connectivity index (χ2v) is 12.3. The van der Waals surface area contributed by atoms with Crippen LogP contribution < -0.4 is 16.5 Å². The smallest absolute Gasteiger partial charge is 0.255 e. The van der Waals surface area contributed by atoms with Crippen molar-refractivity contribution in [2.45, 2.75) is 69.7 Å². The first kappa shape index (κ1) is 30.7. The van der Waals surface area contributed by atoms with Gasteiger partial charge in [-0.25, -0.2) is 0 Å². The molecule has 8 N–H and O–H groups in total. The highest BCUT2D eigenvalue weighted by molar-refractivity contribution is 6.25. The fraction of sp³-hybridized carbons (Fsp3) is 0.533. The maximum atomic E-state index is 13.9. The number of phenols is 1. The number of hydroxylamine groups is 1. The second-order valence-electron chi connectivity index (χ2n) is 12.3. The number of rotatable bonds is 8. The number of amides is 2. The monoisotopic (exact) mass is 598 g/mol. The molecule has 1 aromatic rings. The Morgan fingerprint density at radius 1 is 1.16 bits per heavy atom. The van der Waals surface area contributed by atoms with Gasteiger partial charge in [-0.3, -0.25) is 28.9 Å². The molecule has 1 fully saturated rings. The number of carbonyl (C=O) groups is 4. The molecule has 2 amide bonds. The number of allylic oxidation sites excluding steroid dienone is 1. The molecule has 0 heterocycles. The number of nitrogens with zero attached hydrogens (tertiary/aromatic N) is 1. The van der Waals surface area contributed by atoms with Crippen LogP contribution in [0.1, 0.15) is 55.5 Å². The summed E-state index contributed by atoms with van der Waals surface area (Å²) in [6, 6.07) is 1.28. The number of phenolic OH excluding ortho intramolecular Hbond substituents is 1. The van der Waals surface area contributed by atoms with Gasteiger partial charge >= 0.3 is 0 Å². The number of hydrogen-bond donors (Lipinski definition) is 7. The van der Waals surface area contributed by atoms with E-state index in [0.717, 1.165) is 12.8 Å². The van der Waals surface area contributed by atoms with Gasteiger partial charge in [0.25, 0.3) is 5.91 Å². The summed E-state index contributed by atoms with van der Waals surface area (Å²) in [6.45, 7) is 3.91. The van der Waals surface area contributed by atoms with E-state index in [4.69, 9.17) is 10.6 Å². The summed E-state index contributed by atoms with van der Waals surface area (Å²) in [5.74, 6) is -7.21. The highest BCUT2D eigenvalue weighted by Crippen LogP contribution is 2.52. The lowest BCUT2D eigenvalue weighted by Crippen LogP contribution is -2.63. The highest BCUT2D eigenvalue weighted by atomic mass is 16.7. The highest BCUT2D eigenvalue weighted by Gasteiger charge is 2.63. The molecule has 0 radical (unpaired) electrons. The van der Waals surface area contributed by atoms with Crippen LogP contribution in [0, 0.1) is 17.8 Å². The molecule has 1 saturated carbocycles. The maximum Gasteiger partial charge on any atom is 0.255 e. The van der Waals surface area contributed by atoms with Gasteiger partial charge in [0.1, 0.15) is 23.1 Å². The molecular weight excluding hydrogens is 560 g/mol. The van der Waals surface area contributed by atoms with Crippen molar-refractivity contribution in [2.75, 3.05) is 19.4 Å². The molecule has 0 bridgehead atoms. The lowest BCUT2D eigenvalue weighted by atomic mass is 9.58. The molecule has 0 saturated heterocycles. The van der Waals surface area contributed by atoms with Gasteiger partial charge in [0.2, 0.25) is 11.7 Å². The van der Waals surface area contributed by atoms with E-state index in [9.17, 15) is 39.6 Å². The van der Waals surface area contributed by atoms with Gasteiger partial charge in [0.15, 0.2) is 17.1 Å². The molecule has 43 heavy (non-hydrogen) atoms. The van der Waals surface area contributed by atoms with Crippen molar-refractivity contribution in [3.8, 4) is 5.75 Å². The number of aromatic hydroxyl groups is 1. The fourth-order valence-electron chi connectivity index (χ4n) is 6.97. The normalized spacial score (nSPS) is 30.8. The van der Waals surface area contributed by atoms with E-state index in [2.05, 4.69) is 17.7 Å². The first-order valence-electron chi connectivity index (χ1n) is 14.4. The minimum Gasteiger partial charge on any atom is -0.510 e. The number of aliphatic hydroxyl groups is 3. The summed E-state index contributed by atoms with van der Waals surface area (Å²) in [5, 5.41) is 47.7. The number of anilines is 1. The van der Waals surface area contributed by atoms with E-state index in [0.29, 0.717) is 17.9 Å². The van der Waals surface area contributed by atoms with Gasteiger partial charge in [-0.1, -0.05) is 19.9 Å². The zero-order valence-electron chi connectivity index (χ0n) is 24.5. The van der Waals surface area contributed by atoms with Gasteiger partial charge in [-0.05, 0) is 69.7 Å². The molecule has 232 valence electrons. The van der Waals surface area contributed by atoms with E-state index in [1.165, 1.54) is 11.0 Å². The third-order valence-electron chi connectivity index (χ3n) is 9.29. The van der Waals surface area contributed by atoms with Gasteiger partial charge < -0.3 is 31.5 Å². The number of primary amides is 1. The van der Waals surface area contributed by atoms with Crippen molar-refractivity contribution in [2.24, 2.45) is 23.5 Å². The summed E-state index contributed by atoms with van der Waals surface area (Å²) in [7, 11) is 3.14. The topological polar surface area (TPSA) is 212 Å². The molecule has 4 unspecified atom stereocenters. The van der Waals surface area contributed by atoms with E-state index in [-0.39, 0.29) is 35.8 Å². The third-order valence-corrected chi connectivity index (χ3v) is 9.29. The molecule has 1 aromatic carbocycles. The van der Waals surface area contributed by atoms with Crippen LogP contribution in [-0.2, 0) is 25.6 Å². The van der Waals surface area contributed by atoms with Gasteiger partial charge in [0.05, 0.1) is 23.4 Å². The second kappa shape index (κ2) is 11.1. The zero-order chi connectivity index (χ0) is 31.5. The summed E-state index contributed by atoms with van der Waals surface area (Å²) in [4.78, 5) is 59.5. The summed E-state index contributed by atoms with van der Waals surface area (Å²) >= 11 is 0. The molecule has 13 heteroatoms. The average Bonchev–Trinajstić information content (AvgIpc) is 2.91. The predicted octanol–water partition coefficient (Wildman–Crippen LogP) is 1.16. The third kappa shape index (κ3) is 4.80. The molecule has 0 spiro atoms. The number of nitrogens with one attached hydrogen (secondary N) is 2. The van der Waals surface area contributed by atoms with Crippen molar-refractivity contribution in [3.63, 3.8) is 0 Å². The predicted molar refractivity (Wildman–Crippen MR) is 153 cm³/mol. The first-order valence-corrected chi connectivity index (χ1v) is 14.4. The Hall–Kier alpha value is -3.78. The van der Waals surface area contributed by atoms with Crippen molar-refractivity contribution in [1.29, 1.82) is 0 Å². The average molecular weight is 599 g/mol. The number of aliphatic hydroxyl groups excluding tert-OH is 2. The fourth-order valence-corrected chi connectivity index (χ4v) is 6.97. The van der Waals surface area contributed by atoms with Crippen molar-refractivity contribution in [1.82, 2.24) is 10.4 Å². The summed E-state index contributed by atoms with van der Waals surface area (Å²) < 4.78 is 0. The first-order chi connectivity index (χ1) is 20.2. The largest absolute Gasteiger partial charge is 0.510 e. The standard InChI is InChI=1S/C30H38N4O9/c1-5-17(33-43-15-8-12(2)9-15)29(41)32-18-7-6-13-10-14-11-16-22(34(3)4)25(37)21(28(31)40)27(39)30(16,42)26(38)20(14)24(36)19(13)23(18)35/h6-7,12,14-17,22,33,35,37-38,42H,5,8-11H2,1-4H3,(H2,31,40)(H,32,41)/t12?,14?,15?,16?,17?,22-,30?/m0/s1. The van der Waals surface area contributed by atoms with E-state index in [1.807, 2.05) is 0 Å². The molecule has 0 aromatic heterocycles. The minimum atomic E-state index is -2.72. The van der Waals surface area contributed by atoms with Crippen LogP contribution >= 0.6 is 0 Å². The Morgan fingerprint density at radius 2 is 1.84 bits per heavy atom. The van der Waals surface area contributed by atoms with Crippen LogP contribution in [0.15, 0.2) is 34.8 Å². The minimum absolute atomic E-state index is 0.00532. The number of ketones is 2. The lowest BCUT2D eigenvalue weighted by molar-refractivity contribution is -0.148. The molecule has 5 rings (SSSR count). The van der Waals surface area contributed by atoms with Crippen LogP contribution in [0.4, 0.5) is 5.69 Å². The number of nitrogens with two attached hydrogens (primary N) is 1. The zero-order valence-corrected chi connectivity index (χ0v) is 24.5. The Balaban J connectivity index is 1.47. The quantitative estimate of drug-likeness (QED) is 0.128. The number of Topliss-reactive ketones (excluding diaryl/α,β-unsaturated/α-hetero) is 2. The van der Waals surface area contributed by atoms with Gasteiger partial charge in [0, 0.05) is 11.5 Å². The molecule has 13 nitrogen and oxygen atoms in total. The SMILES string of the molecule is CCC(NOC1CC(C)C1)C(=O)Nc1ccc2c(c1O)C(=O)C1=C(O)C3(O)C(=O)C(C(N)=O)=C(O)[C@@H](N(C)C)C3CC1C2. The van der Waals surface area contributed by atoms with Crippen LogP contribution in [0.3, 0.4) is 0 Å². The number of likely N-dealkylation sites (N-methyl/N-ethyl adjacent to an activating group) is 1. The molecule has 0 aliphatic heterocycles. The van der Waals surface area contributed by atoms with E-state index >= 15 is 0 Å². The molecule has 4 aliphatic rings. The van der Waals surface area contributed by atoms with Gasteiger partial charge in [-0.2, -0.15) is 5.48 Å². The van der Waals surface area contributed by atoms with Gasteiger partial charge in [-0.15, -0.1) is 0 Å². The van der Waals surface area contributed by atoms with Crippen molar-refractivity contribution < 1.29 is 44.4 Å². The molecule has 4 aliphatic carbocycles. The Labute approximate surface area is 248 Å². The Kier molecular flexibility index (Phi) is 7.88. The number of benzene rings is 1. The van der Waals surface area contributed by atoms with Crippen LogP contribution in [0.5, 0.6) is 5.75 Å². The lowest BCUT2D eigenvalue weighted by Gasteiger charge is -2.50. The van der Waals surface area contributed by atoms with Crippen molar-refractivity contribution >= 4 is 29.1 Å². The maximum absolute atomic E-state index is 13.9. The Bertz CT molecular complexity index is 1460. The summed E-state index contributed by atoms with van der Waals surface area (Å²) in [6.07, 6.45) is 2.34. The Morgan fingerprint density at radius 3 is 2.42 bits per heavy atom. The molecule has 5 atom stereocenters.